The van der Waals surface area contributed by atoms with E-state index in [1.165, 1.54) is 5.56 Å². The standard InChI is InChI=1S/C33H22ClN3/c34-30-21-28(27-18-10-17-26(19-27)23-11-4-1-5-12-23)20-29(22-30)33-36-31(24-13-6-2-7-14-24)35-32(37-33)25-15-8-3-9-16-25/h1-22H. The molecule has 0 aliphatic carbocycles. The highest BCUT2D eigenvalue weighted by atomic mass is 35.5. The van der Waals surface area contributed by atoms with Gasteiger partial charge in [-0.3, -0.25) is 0 Å². The smallest absolute Gasteiger partial charge is 0.164 e. The molecule has 0 saturated heterocycles. The first kappa shape index (κ1) is 22.8. The van der Waals surface area contributed by atoms with E-state index in [-0.39, 0.29) is 0 Å². The van der Waals surface area contributed by atoms with Gasteiger partial charge in [0.2, 0.25) is 0 Å². The monoisotopic (exact) mass is 495 g/mol. The Bertz CT molecular complexity index is 1610. The van der Waals surface area contributed by atoms with Crippen molar-refractivity contribution in [3.8, 4) is 56.4 Å². The summed E-state index contributed by atoms with van der Waals surface area (Å²) in [7, 11) is 0. The van der Waals surface area contributed by atoms with Crippen LogP contribution in [0.25, 0.3) is 56.4 Å². The van der Waals surface area contributed by atoms with Gasteiger partial charge in [0.15, 0.2) is 17.5 Å². The molecular weight excluding hydrogens is 474 g/mol. The van der Waals surface area contributed by atoms with Gasteiger partial charge in [-0.25, -0.2) is 15.0 Å². The summed E-state index contributed by atoms with van der Waals surface area (Å²) >= 11 is 6.65. The summed E-state index contributed by atoms with van der Waals surface area (Å²) in [6, 6.07) is 44.7. The van der Waals surface area contributed by atoms with E-state index in [1.54, 1.807) is 0 Å². The van der Waals surface area contributed by atoms with Crippen LogP contribution in [0.1, 0.15) is 0 Å². The van der Waals surface area contributed by atoms with Crippen LogP contribution in [0.15, 0.2) is 133 Å². The van der Waals surface area contributed by atoms with Crippen LogP contribution in [0.5, 0.6) is 0 Å². The van der Waals surface area contributed by atoms with E-state index < -0.39 is 0 Å². The van der Waals surface area contributed by atoms with Crippen LogP contribution in [-0.2, 0) is 0 Å². The number of rotatable bonds is 5. The second-order valence-corrected chi connectivity index (χ2v) is 9.15. The second-order valence-electron chi connectivity index (χ2n) is 8.71. The van der Waals surface area contributed by atoms with Crippen LogP contribution in [0.2, 0.25) is 5.02 Å². The lowest BCUT2D eigenvalue weighted by Gasteiger charge is -2.11. The van der Waals surface area contributed by atoms with E-state index in [2.05, 4.69) is 54.6 Å². The predicted molar refractivity (Wildman–Crippen MR) is 152 cm³/mol. The largest absolute Gasteiger partial charge is 0.208 e. The molecule has 0 spiro atoms. The molecule has 6 rings (SSSR count). The fourth-order valence-corrected chi connectivity index (χ4v) is 4.57. The summed E-state index contributed by atoms with van der Waals surface area (Å²) in [5.41, 5.74) is 7.10. The molecule has 6 aromatic rings. The van der Waals surface area contributed by atoms with Gasteiger partial charge < -0.3 is 0 Å². The molecular formula is C33H22ClN3. The minimum atomic E-state index is 0.579. The molecule has 0 radical (unpaired) electrons. The van der Waals surface area contributed by atoms with Gasteiger partial charge in [0.1, 0.15) is 0 Å². The van der Waals surface area contributed by atoms with E-state index >= 15 is 0 Å². The molecule has 0 atom stereocenters. The highest BCUT2D eigenvalue weighted by Crippen LogP contribution is 2.32. The highest BCUT2D eigenvalue weighted by Gasteiger charge is 2.14. The van der Waals surface area contributed by atoms with Gasteiger partial charge in [0.25, 0.3) is 0 Å². The number of hydrogen-bond acceptors (Lipinski definition) is 3. The normalized spacial score (nSPS) is 10.8. The van der Waals surface area contributed by atoms with E-state index in [9.17, 15) is 0 Å². The molecule has 3 nitrogen and oxygen atoms in total. The summed E-state index contributed by atoms with van der Waals surface area (Å²) < 4.78 is 0. The molecule has 0 saturated carbocycles. The Balaban J connectivity index is 1.48. The van der Waals surface area contributed by atoms with Gasteiger partial charge >= 0.3 is 0 Å². The summed E-state index contributed by atoms with van der Waals surface area (Å²) in [5.74, 6) is 1.82. The molecule has 176 valence electrons. The molecule has 0 amide bonds. The maximum Gasteiger partial charge on any atom is 0.164 e. The molecule has 37 heavy (non-hydrogen) atoms. The third kappa shape index (κ3) is 5.04. The first-order valence-corrected chi connectivity index (χ1v) is 12.4. The van der Waals surface area contributed by atoms with E-state index in [0.717, 1.165) is 33.4 Å². The summed E-state index contributed by atoms with van der Waals surface area (Å²) in [4.78, 5) is 14.5. The van der Waals surface area contributed by atoms with E-state index in [4.69, 9.17) is 26.6 Å². The molecule has 0 aliphatic heterocycles. The van der Waals surface area contributed by atoms with Crippen molar-refractivity contribution in [2.75, 3.05) is 0 Å². The summed E-state index contributed by atoms with van der Waals surface area (Å²) in [6.45, 7) is 0. The average Bonchev–Trinajstić information content (AvgIpc) is 2.98. The molecule has 0 unspecified atom stereocenters. The third-order valence-corrected chi connectivity index (χ3v) is 6.38. The molecule has 0 N–H and O–H groups in total. The van der Waals surface area contributed by atoms with Crippen molar-refractivity contribution >= 4 is 11.6 Å². The van der Waals surface area contributed by atoms with Gasteiger partial charge in [0, 0.05) is 21.7 Å². The summed E-state index contributed by atoms with van der Waals surface area (Å²) in [6.07, 6.45) is 0. The number of halogens is 1. The Labute approximate surface area is 221 Å². The van der Waals surface area contributed by atoms with Crippen molar-refractivity contribution in [2.45, 2.75) is 0 Å². The molecule has 0 aliphatic rings. The molecule has 1 heterocycles. The Morgan fingerprint density at radius 1 is 0.324 bits per heavy atom. The zero-order chi connectivity index (χ0) is 25.0. The number of aromatic nitrogens is 3. The topological polar surface area (TPSA) is 38.7 Å². The minimum absolute atomic E-state index is 0.579. The number of nitrogens with zero attached hydrogens (tertiary/aromatic N) is 3. The summed E-state index contributed by atoms with van der Waals surface area (Å²) in [5, 5.41) is 0.626. The molecule has 0 bridgehead atoms. The average molecular weight is 496 g/mol. The maximum atomic E-state index is 6.65. The Kier molecular flexibility index (Phi) is 6.28. The van der Waals surface area contributed by atoms with Crippen molar-refractivity contribution in [1.82, 2.24) is 15.0 Å². The van der Waals surface area contributed by atoms with Gasteiger partial charge in [-0.15, -0.1) is 0 Å². The van der Waals surface area contributed by atoms with Crippen molar-refractivity contribution in [1.29, 1.82) is 0 Å². The first-order valence-electron chi connectivity index (χ1n) is 12.1. The highest BCUT2D eigenvalue weighted by molar-refractivity contribution is 6.31. The maximum absolute atomic E-state index is 6.65. The lowest BCUT2D eigenvalue weighted by molar-refractivity contribution is 1.07. The van der Waals surface area contributed by atoms with Gasteiger partial charge in [0.05, 0.1) is 0 Å². The molecule has 5 aromatic carbocycles. The number of hydrogen-bond donors (Lipinski definition) is 0. The quantitative estimate of drug-likeness (QED) is 0.240. The van der Waals surface area contributed by atoms with Crippen molar-refractivity contribution in [3.63, 3.8) is 0 Å². The lowest BCUT2D eigenvalue weighted by Crippen LogP contribution is -2.00. The van der Waals surface area contributed by atoms with Gasteiger partial charge in [-0.05, 0) is 46.5 Å². The molecule has 4 heteroatoms. The van der Waals surface area contributed by atoms with Crippen LogP contribution in [0.3, 0.4) is 0 Å². The van der Waals surface area contributed by atoms with Gasteiger partial charge in [-0.1, -0.05) is 121 Å². The fraction of sp³-hybridized carbons (Fsp3) is 0. The van der Waals surface area contributed by atoms with Crippen molar-refractivity contribution < 1.29 is 0 Å². The zero-order valence-corrected chi connectivity index (χ0v) is 20.7. The van der Waals surface area contributed by atoms with Crippen LogP contribution in [0, 0.1) is 0 Å². The van der Waals surface area contributed by atoms with Gasteiger partial charge in [-0.2, -0.15) is 0 Å². The Morgan fingerprint density at radius 3 is 1.24 bits per heavy atom. The lowest BCUT2D eigenvalue weighted by atomic mass is 9.98. The zero-order valence-electron chi connectivity index (χ0n) is 19.9. The van der Waals surface area contributed by atoms with Crippen LogP contribution >= 0.6 is 11.6 Å². The van der Waals surface area contributed by atoms with Crippen LogP contribution in [0.4, 0.5) is 0 Å². The second kappa shape index (κ2) is 10.2. The fourth-order valence-electron chi connectivity index (χ4n) is 4.33. The Hall–Kier alpha value is -4.60. The number of benzene rings is 5. The van der Waals surface area contributed by atoms with Crippen molar-refractivity contribution in [2.24, 2.45) is 0 Å². The van der Waals surface area contributed by atoms with Crippen LogP contribution in [-0.4, -0.2) is 15.0 Å². The van der Waals surface area contributed by atoms with Crippen molar-refractivity contribution in [3.05, 3.63) is 138 Å². The Morgan fingerprint density at radius 2 is 0.703 bits per heavy atom. The third-order valence-electron chi connectivity index (χ3n) is 6.16. The minimum Gasteiger partial charge on any atom is -0.208 e. The predicted octanol–water partition coefficient (Wildman–Crippen LogP) is 8.86. The van der Waals surface area contributed by atoms with E-state index in [1.807, 2.05) is 78.9 Å². The first-order chi connectivity index (χ1) is 18.2. The molecule has 1 aromatic heterocycles. The SMILES string of the molecule is Clc1cc(-c2cccc(-c3ccccc3)c2)cc(-c2nc(-c3ccccc3)nc(-c3ccccc3)n2)c1. The molecule has 0 fully saturated rings. The van der Waals surface area contributed by atoms with E-state index in [0.29, 0.717) is 22.5 Å². The van der Waals surface area contributed by atoms with Crippen LogP contribution < -0.4 is 0 Å².